The first kappa shape index (κ1) is 16.3. The van der Waals surface area contributed by atoms with Gasteiger partial charge in [-0.2, -0.15) is 4.98 Å². The SMILES string of the molecule is CCCNc1ncc(Cl)c(NCC2(O)CCCC(C)C2)n1. The molecule has 2 atom stereocenters. The summed E-state index contributed by atoms with van der Waals surface area (Å²) in [4.78, 5) is 8.51. The van der Waals surface area contributed by atoms with Crippen molar-refractivity contribution < 1.29 is 5.11 Å². The number of hydrogen-bond donors (Lipinski definition) is 3. The van der Waals surface area contributed by atoms with Gasteiger partial charge in [0.05, 0.1) is 11.8 Å². The van der Waals surface area contributed by atoms with E-state index in [0.29, 0.717) is 29.3 Å². The molecule has 0 amide bonds. The standard InChI is InChI=1S/C15H25ClN4O/c1-3-7-17-14-18-9-12(16)13(20-14)19-10-15(21)6-4-5-11(2)8-15/h9,11,21H,3-8,10H2,1-2H3,(H2,17,18,19,20). The number of halogens is 1. The van der Waals surface area contributed by atoms with E-state index in [1.54, 1.807) is 6.20 Å². The first-order valence-corrected chi connectivity index (χ1v) is 8.13. The van der Waals surface area contributed by atoms with Crippen LogP contribution in [0.1, 0.15) is 46.0 Å². The fourth-order valence-corrected chi connectivity index (χ4v) is 3.01. The summed E-state index contributed by atoms with van der Waals surface area (Å²) in [6, 6.07) is 0. The molecule has 3 N–H and O–H groups in total. The van der Waals surface area contributed by atoms with E-state index in [4.69, 9.17) is 11.6 Å². The zero-order valence-corrected chi connectivity index (χ0v) is 13.6. The van der Waals surface area contributed by atoms with E-state index >= 15 is 0 Å². The summed E-state index contributed by atoms with van der Waals surface area (Å²) in [6.45, 7) is 5.57. The topological polar surface area (TPSA) is 70.1 Å². The molecule has 6 heteroatoms. The third-order valence-electron chi connectivity index (χ3n) is 3.93. The molecular formula is C15H25ClN4O. The van der Waals surface area contributed by atoms with Crippen LogP contribution in [0.3, 0.4) is 0 Å². The monoisotopic (exact) mass is 312 g/mol. The second-order valence-electron chi connectivity index (χ2n) is 6.10. The van der Waals surface area contributed by atoms with Gasteiger partial charge in [-0.3, -0.25) is 0 Å². The van der Waals surface area contributed by atoms with Crippen molar-refractivity contribution in [2.45, 2.75) is 51.6 Å². The molecule has 0 aliphatic heterocycles. The van der Waals surface area contributed by atoms with Crippen molar-refractivity contribution in [1.82, 2.24) is 9.97 Å². The highest BCUT2D eigenvalue weighted by molar-refractivity contribution is 6.32. The van der Waals surface area contributed by atoms with Gasteiger partial charge in [0.15, 0.2) is 5.82 Å². The molecule has 1 aromatic rings. The predicted molar refractivity (Wildman–Crippen MR) is 86.9 cm³/mol. The van der Waals surface area contributed by atoms with Crippen LogP contribution < -0.4 is 10.6 Å². The van der Waals surface area contributed by atoms with Gasteiger partial charge in [-0.05, 0) is 25.2 Å². The second-order valence-corrected chi connectivity index (χ2v) is 6.50. The number of nitrogens with one attached hydrogen (secondary N) is 2. The summed E-state index contributed by atoms with van der Waals surface area (Å²) in [5, 5.41) is 17.4. The van der Waals surface area contributed by atoms with Crippen molar-refractivity contribution in [3.05, 3.63) is 11.2 Å². The minimum Gasteiger partial charge on any atom is -0.388 e. The lowest BCUT2D eigenvalue weighted by Gasteiger charge is -2.35. The molecule has 0 aromatic carbocycles. The lowest BCUT2D eigenvalue weighted by Crippen LogP contribution is -2.41. The summed E-state index contributed by atoms with van der Waals surface area (Å²) in [7, 11) is 0. The minimum atomic E-state index is -0.664. The van der Waals surface area contributed by atoms with Gasteiger partial charge in [0.2, 0.25) is 5.95 Å². The molecule has 1 aliphatic rings. The number of aliphatic hydroxyl groups is 1. The Bertz CT molecular complexity index is 471. The van der Waals surface area contributed by atoms with Crippen LogP contribution in [0.15, 0.2) is 6.20 Å². The van der Waals surface area contributed by atoms with Crippen molar-refractivity contribution in [3.8, 4) is 0 Å². The van der Waals surface area contributed by atoms with Crippen LogP contribution in [-0.2, 0) is 0 Å². The third-order valence-corrected chi connectivity index (χ3v) is 4.21. The Balaban J connectivity index is 1.98. The maximum Gasteiger partial charge on any atom is 0.224 e. The summed E-state index contributed by atoms with van der Waals surface area (Å²) >= 11 is 6.13. The second kappa shape index (κ2) is 7.27. The molecule has 1 heterocycles. The Morgan fingerprint density at radius 3 is 3.00 bits per heavy atom. The Morgan fingerprint density at radius 1 is 1.48 bits per heavy atom. The first-order valence-electron chi connectivity index (χ1n) is 7.75. The van der Waals surface area contributed by atoms with Crippen LogP contribution in [0.2, 0.25) is 5.02 Å². The zero-order chi connectivity index (χ0) is 15.3. The van der Waals surface area contributed by atoms with Crippen molar-refractivity contribution in [3.63, 3.8) is 0 Å². The lowest BCUT2D eigenvalue weighted by atomic mass is 9.79. The van der Waals surface area contributed by atoms with Gasteiger partial charge < -0.3 is 15.7 Å². The van der Waals surface area contributed by atoms with E-state index in [1.165, 1.54) is 6.42 Å². The van der Waals surface area contributed by atoms with Crippen molar-refractivity contribution in [2.24, 2.45) is 5.92 Å². The number of hydrogen-bond acceptors (Lipinski definition) is 5. The maximum atomic E-state index is 10.6. The van der Waals surface area contributed by atoms with E-state index in [2.05, 4.69) is 34.4 Å². The highest BCUT2D eigenvalue weighted by Gasteiger charge is 2.32. The molecule has 1 saturated carbocycles. The number of nitrogens with zero attached hydrogens (tertiary/aromatic N) is 2. The lowest BCUT2D eigenvalue weighted by molar-refractivity contribution is -0.000824. The van der Waals surface area contributed by atoms with Gasteiger partial charge in [0, 0.05) is 13.1 Å². The van der Waals surface area contributed by atoms with Crippen LogP contribution in [0.5, 0.6) is 0 Å². The molecule has 1 aromatic heterocycles. The molecule has 2 rings (SSSR count). The number of aromatic nitrogens is 2. The fraction of sp³-hybridized carbons (Fsp3) is 0.733. The average Bonchev–Trinajstić information content (AvgIpc) is 2.45. The van der Waals surface area contributed by atoms with E-state index in [1.807, 2.05) is 0 Å². The Labute approximate surface area is 131 Å². The van der Waals surface area contributed by atoms with Gasteiger partial charge >= 0.3 is 0 Å². The molecule has 1 aliphatic carbocycles. The predicted octanol–water partition coefficient (Wildman–Crippen LogP) is 3.31. The zero-order valence-electron chi connectivity index (χ0n) is 12.8. The van der Waals surface area contributed by atoms with E-state index in [-0.39, 0.29) is 0 Å². The van der Waals surface area contributed by atoms with Gasteiger partial charge in [-0.15, -0.1) is 0 Å². The van der Waals surface area contributed by atoms with Crippen LogP contribution in [0.4, 0.5) is 11.8 Å². The van der Waals surface area contributed by atoms with Crippen LogP contribution in [0, 0.1) is 5.92 Å². The smallest absolute Gasteiger partial charge is 0.224 e. The quantitative estimate of drug-likeness (QED) is 0.752. The summed E-state index contributed by atoms with van der Waals surface area (Å²) in [5.74, 6) is 1.71. The van der Waals surface area contributed by atoms with Crippen LogP contribution in [0.25, 0.3) is 0 Å². The van der Waals surface area contributed by atoms with Crippen molar-refractivity contribution in [2.75, 3.05) is 23.7 Å². The number of anilines is 2. The Morgan fingerprint density at radius 2 is 2.29 bits per heavy atom. The Hall–Kier alpha value is -1.07. The van der Waals surface area contributed by atoms with Crippen LogP contribution >= 0.6 is 11.6 Å². The summed E-state index contributed by atoms with van der Waals surface area (Å²) in [5.41, 5.74) is -0.664. The molecule has 0 saturated heterocycles. The van der Waals surface area contributed by atoms with Gasteiger partial charge in [-0.25, -0.2) is 4.98 Å². The maximum absolute atomic E-state index is 10.6. The number of rotatable bonds is 6. The van der Waals surface area contributed by atoms with E-state index in [9.17, 15) is 5.11 Å². The average molecular weight is 313 g/mol. The molecule has 118 valence electrons. The molecule has 1 fully saturated rings. The molecule has 21 heavy (non-hydrogen) atoms. The van der Waals surface area contributed by atoms with Crippen molar-refractivity contribution >= 4 is 23.4 Å². The van der Waals surface area contributed by atoms with Gasteiger partial charge in [0.25, 0.3) is 0 Å². The highest BCUT2D eigenvalue weighted by atomic mass is 35.5. The van der Waals surface area contributed by atoms with Gasteiger partial charge in [0.1, 0.15) is 5.02 Å². The largest absolute Gasteiger partial charge is 0.388 e. The molecule has 2 unspecified atom stereocenters. The molecule has 0 bridgehead atoms. The van der Waals surface area contributed by atoms with Crippen molar-refractivity contribution in [1.29, 1.82) is 0 Å². The fourth-order valence-electron chi connectivity index (χ4n) is 2.85. The highest BCUT2D eigenvalue weighted by Crippen LogP contribution is 2.32. The van der Waals surface area contributed by atoms with E-state index < -0.39 is 5.60 Å². The molecule has 0 spiro atoms. The summed E-state index contributed by atoms with van der Waals surface area (Å²) in [6.07, 6.45) is 6.51. The normalized spacial score (nSPS) is 25.6. The molecular weight excluding hydrogens is 288 g/mol. The first-order chi connectivity index (χ1) is 10.0. The van der Waals surface area contributed by atoms with Crippen LogP contribution in [-0.4, -0.2) is 33.8 Å². The van der Waals surface area contributed by atoms with Gasteiger partial charge in [-0.1, -0.05) is 38.3 Å². The summed E-state index contributed by atoms with van der Waals surface area (Å²) < 4.78 is 0. The molecule has 5 nitrogen and oxygen atoms in total. The minimum absolute atomic E-state index is 0.474. The molecule has 0 radical (unpaired) electrons. The third kappa shape index (κ3) is 4.71. The Kier molecular flexibility index (Phi) is 5.65. The van der Waals surface area contributed by atoms with E-state index in [0.717, 1.165) is 32.2 Å².